The van der Waals surface area contributed by atoms with Gasteiger partial charge in [0.25, 0.3) is 0 Å². The molecule has 0 bridgehead atoms. The maximum Gasteiger partial charge on any atom is 0.234 e. The van der Waals surface area contributed by atoms with E-state index in [2.05, 4.69) is 15.0 Å². The molecule has 90 valence electrons. The molecule has 5 heteroatoms. The number of nitrogens with zero attached hydrogens (tertiary/aromatic N) is 3. The molecule has 1 aromatic rings. The zero-order chi connectivity index (χ0) is 11.6. The summed E-state index contributed by atoms with van der Waals surface area (Å²) in [6.07, 6.45) is 4.21. The quantitative estimate of drug-likeness (QED) is 0.791. The molecular formula is C11H20N4O. The maximum absolute atomic E-state index is 5.80. The Balaban J connectivity index is 2.01. The molecule has 2 N–H and O–H groups in total. The van der Waals surface area contributed by atoms with Crippen LogP contribution < -0.4 is 5.73 Å². The molecule has 0 saturated heterocycles. The lowest BCUT2D eigenvalue weighted by Crippen LogP contribution is -2.41. The largest absolute Gasteiger partial charge is 0.339 e. The molecule has 0 spiro atoms. The number of rotatable bonds is 5. The summed E-state index contributed by atoms with van der Waals surface area (Å²) in [5, 5.41) is 4.02. The smallest absolute Gasteiger partial charge is 0.234 e. The Morgan fingerprint density at radius 2 is 2.19 bits per heavy atom. The second kappa shape index (κ2) is 4.51. The van der Waals surface area contributed by atoms with E-state index in [1.54, 1.807) is 0 Å². The Labute approximate surface area is 96.0 Å². The molecule has 1 aromatic heterocycles. The fourth-order valence-corrected chi connectivity index (χ4v) is 2.00. The predicted molar refractivity (Wildman–Crippen MR) is 61.1 cm³/mol. The Hall–Kier alpha value is -0.940. The lowest BCUT2D eigenvalue weighted by atomic mass is 9.69. The van der Waals surface area contributed by atoms with Crippen LogP contribution in [0.1, 0.15) is 31.0 Å². The Morgan fingerprint density at radius 1 is 1.44 bits per heavy atom. The topological polar surface area (TPSA) is 68.2 Å². The van der Waals surface area contributed by atoms with Crippen LogP contribution in [0.15, 0.2) is 4.52 Å². The van der Waals surface area contributed by atoms with Gasteiger partial charge in [0.2, 0.25) is 5.89 Å². The summed E-state index contributed by atoms with van der Waals surface area (Å²) >= 11 is 0. The average molecular weight is 224 g/mol. The molecular weight excluding hydrogens is 204 g/mol. The third kappa shape index (κ3) is 2.10. The van der Waals surface area contributed by atoms with Gasteiger partial charge in [0.1, 0.15) is 0 Å². The Bertz CT molecular complexity index is 338. The average Bonchev–Trinajstić information content (AvgIpc) is 2.63. The van der Waals surface area contributed by atoms with Gasteiger partial charge in [-0.05, 0) is 26.9 Å². The molecule has 1 aliphatic carbocycles. The summed E-state index contributed by atoms with van der Waals surface area (Å²) in [4.78, 5) is 6.57. The van der Waals surface area contributed by atoms with Gasteiger partial charge in [-0.15, -0.1) is 0 Å². The first-order valence-corrected chi connectivity index (χ1v) is 5.84. The van der Waals surface area contributed by atoms with Gasteiger partial charge in [-0.2, -0.15) is 4.98 Å². The highest BCUT2D eigenvalue weighted by Gasteiger charge is 2.42. The normalized spacial score (nSPS) is 18.8. The predicted octanol–water partition coefficient (Wildman–Crippen LogP) is 0.554. The van der Waals surface area contributed by atoms with Crippen LogP contribution in [-0.2, 0) is 11.8 Å². The molecule has 1 aliphatic rings. The molecule has 1 fully saturated rings. The monoisotopic (exact) mass is 224 g/mol. The molecule has 2 rings (SSSR count). The molecule has 1 heterocycles. The van der Waals surface area contributed by atoms with E-state index in [1.807, 2.05) is 14.1 Å². The second-order valence-electron chi connectivity index (χ2n) is 4.91. The molecule has 0 unspecified atom stereocenters. The fraction of sp³-hybridized carbons (Fsp3) is 0.818. The van der Waals surface area contributed by atoms with E-state index in [4.69, 9.17) is 10.3 Å². The Kier molecular flexibility index (Phi) is 3.25. The van der Waals surface area contributed by atoms with E-state index in [-0.39, 0.29) is 5.41 Å². The third-order valence-corrected chi connectivity index (χ3v) is 3.41. The summed E-state index contributed by atoms with van der Waals surface area (Å²) in [5.41, 5.74) is 5.79. The van der Waals surface area contributed by atoms with Crippen molar-refractivity contribution in [3.05, 3.63) is 11.7 Å². The summed E-state index contributed by atoms with van der Waals surface area (Å²) in [6, 6.07) is 0. The van der Waals surface area contributed by atoms with Gasteiger partial charge in [-0.25, -0.2) is 0 Å². The molecule has 0 aromatic carbocycles. The van der Waals surface area contributed by atoms with Crippen molar-refractivity contribution in [3.8, 4) is 0 Å². The maximum atomic E-state index is 5.80. The van der Waals surface area contributed by atoms with Gasteiger partial charge < -0.3 is 15.2 Å². The molecule has 0 aliphatic heterocycles. The van der Waals surface area contributed by atoms with Crippen LogP contribution in [-0.4, -0.2) is 42.2 Å². The summed E-state index contributed by atoms with van der Waals surface area (Å²) < 4.78 is 5.34. The van der Waals surface area contributed by atoms with Gasteiger partial charge in [0.05, 0.1) is 5.41 Å². The minimum atomic E-state index is -0.0105. The molecule has 0 atom stereocenters. The first-order valence-electron chi connectivity index (χ1n) is 5.84. The highest BCUT2D eigenvalue weighted by atomic mass is 16.5. The van der Waals surface area contributed by atoms with Crippen LogP contribution in [0.2, 0.25) is 0 Å². The van der Waals surface area contributed by atoms with Crippen molar-refractivity contribution < 1.29 is 4.52 Å². The molecule has 0 amide bonds. The zero-order valence-corrected chi connectivity index (χ0v) is 10.1. The van der Waals surface area contributed by atoms with Crippen molar-refractivity contribution in [2.24, 2.45) is 5.73 Å². The van der Waals surface area contributed by atoms with Crippen molar-refractivity contribution in [1.29, 1.82) is 0 Å². The van der Waals surface area contributed by atoms with Crippen LogP contribution in [0.3, 0.4) is 0 Å². The standard InChI is InChI=1S/C11H20N4O/c1-15(2)7-4-9-13-10(16-14-9)11(8-12)5-3-6-11/h3-8,12H2,1-2H3. The molecule has 5 nitrogen and oxygen atoms in total. The number of hydrogen-bond acceptors (Lipinski definition) is 5. The van der Waals surface area contributed by atoms with E-state index in [1.165, 1.54) is 6.42 Å². The van der Waals surface area contributed by atoms with E-state index in [0.29, 0.717) is 6.54 Å². The molecule has 16 heavy (non-hydrogen) atoms. The van der Waals surface area contributed by atoms with Crippen LogP contribution in [0, 0.1) is 0 Å². The number of hydrogen-bond donors (Lipinski definition) is 1. The third-order valence-electron chi connectivity index (χ3n) is 3.41. The minimum absolute atomic E-state index is 0.0105. The first kappa shape index (κ1) is 11.5. The number of aromatic nitrogens is 2. The van der Waals surface area contributed by atoms with Crippen LogP contribution in [0.4, 0.5) is 0 Å². The lowest BCUT2D eigenvalue weighted by Gasteiger charge is -2.36. The molecule has 0 radical (unpaired) electrons. The highest BCUT2D eigenvalue weighted by Crippen LogP contribution is 2.41. The minimum Gasteiger partial charge on any atom is -0.339 e. The second-order valence-corrected chi connectivity index (χ2v) is 4.91. The lowest BCUT2D eigenvalue weighted by molar-refractivity contribution is 0.181. The van der Waals surface area contributed by atoms with Gasteiger partial charge in [0.15, 0.2) is 5.82 Å². The number of nitrogens with two attached hydrogens (primary N) is 1. The van der Waals surface area contributed by atoms with Gasteiger partial charge in [0, 0.05) is 19.5 Å². The van der Waals surface area contributed by atoms with Crippen LogP contribution in [0.25, 0.3) is 0 Å². The number of likely N-dealkylation sites (N-methyl/N-ethyl adjacent to an activating group) is 1. The van der Waals surface area contributed by atoms with Crippen molar-refractivity contribution in [2.45, 2.75) is 31.1 Å². The first-order chi connectivity index (χ1) is 7.66. The van der Waals surface area contributed by atoms with Crippen molar-refractivity contribution >= 4 is 0 Å². The SMILES string of the molecule is CN(C)CCc1noc(C2(CN)CCC2)n1. The molecule has 1 saturated carbocycles. The van der Waals surface area contributed by atoms with Crippen molar-refractivity contribution in [2.75, 3.05) is 27.2 Å². The Morgan fingerprint density at radius 3 is 2.69 bits per heavy atom. The van der Waals surface area contributed by atoms with Gasteiger partial charge in [-0.3, -0.25) is 0 Å². The van der Waals surface area contributed by atoms with Gasteiger partial charge >= 0.3 is 0 Å². The van der Waals surface area contributed by atoms with Crippen molar-refractivity contribution in [3.63, 3.8) is 0 Å². The highest BCUT2D eigenvalue weighted by molar-refractivity contribution is 5.11. The van der Waals surface area contributed by atoms with E-state index >= 15 is 0 Å². The van der Waals surface area contributed by atoms with Gasteiger partial charge in [-0.1, -0.05) is 11.6 Å². The van der Waals surface area contributed by atoms with E-state index < -0.39 is 0 Å². The van der Waals surface area contributed by atoms with E-state index in [9.17, 15) is 0 Å². The fourth-order valence-electron chi connectivity index (χ4n) is 2.00. The van der Waals surface area contributed by atoms with E-state index in [0.717, 1.165) is 37.5 Å². The summed E-state index contributed by atoms with van der Waals surface area (Å²) in [7, 11) is 4.07. The van der Waals surface area contributed by atoms with Crippen LogP contribution in [0.5, 0.6) is 0 Å². The summed E-state index contributed by atoms with van der Waals surface area (Å²) in [5.74, 6) is 1.54. The summed E-state index contributed by atoms with van der Waals surface area (Å²) in [6.45, 7) is 1.55. The zero-order valence-electron chi connectivity index (χ0n) is 10.1. The van der Waals surface area contributed by atoms with Crippen LogP contribution >= 0.6 is 0 Å². The van der Waals surface area contributed by atoms with Crippen molar-refractivity contribution in [1.82, 2.24) is 15.0 Å².